The van der Waals surface area contributed by atoms with Crippen LogP contribution in [0.25, 0.3) is 10.9 Å². The summed E-state index contributed by atoms with van der Waals surface area (Å²) in [5, 5.41) is 6.20. The third-order valence-corrected chi connectivity index (χ3v) is 5.15. The summed E-state index contributed by atoms with van der Waals surface area (Å²) in [6, 6.07) is 8.53. The zero-order chi connectivity index (χ0) is 16.4. The molecular formula is C18H20ClN5. The van der Waals surface area contributed by atoms with Crippen LogP contribution < -0.4 is 0 Å². The van der Waals surface area contributed by atoms with Gasteiger partial charge in [0.2, 0.25) is 0 Å². The predicted molar refractivity (Wildman–Crippen MR) is 94.8 cm³/mol. The molecule has 1 fully saturated rings. The third-order valence-electron chi connectivity index (χ3n) is 4.80. The quantitative estimate of drug-likeness (QED) is 0.728. The van der Waals surface area contributed by atoms with E-state index in [0.717, 1.165) is 41.1 Å². The largest absolute Gasteiger partial charge is 0.294 e. The molecule has 6 heteroatoms. The lowest BCUT2D eigenvalue weighted by Crippen LogP contribution is -2.41. The molecule has 3 heterocycles. The van der Waals surface area contributed by atoms with Gasteiger partial charge in [0.1, 0.15) is 12.7 Å². The fourth-order valence-electron chi connectivity index (χ4n) is 3.55. The summed E-state index contributed by atoms with van der Waals surface area (Å²) in [5.74, 6) is 0. The maximum Gasteiger partial charge on any atom is 0.137 e. The van der Waals surface area contributed by atoms with Crippen molar-refractivity contribution in [3.05, 3.63) is 53.7 Å². The molecule has 1 aromatic carbocycles. The van der Waals surface area contributed by atoms with Gasteiger partial charge in [0.15, 0.2) is 0 Å². The van der Waals surface area contributed by atoms with Crippen molar-refractivity contribution >= 4 is 22.5 Å². The van der Waals surface area contributed by atoms with Gasteiger partial charge in [-0.25, -0.2) is 4.98 Å². The Balaban J connectivity index is 1.62. The van der Waals surface area contributed by atoms with E-state index in [1.165, 1.54) is 19.3 Å². The van der Waals surface area contributed by atoms with Crippen molar-refractivity contribution < 1.29 is 0 Å². The standard InChI is InChI=1S/C18H20ClN5/c19-17-7-6-14-4-3-8-21-18(14)16(17)11-23-9-2-1-5-15(23)10-24-13-20-12-22-24/h3-4,6-8,12-13,15H,1-2,5,9-11H2/t15-/m1/s1. The number of fused-ring (bicyclic) bond motifs is 1. The van der Waals surface area contributed by atoms with Crippen LogP contribution in [0.15, 0.2) is 43.1 Å². The molecule has 0 bridgehead atoms. The summed E-state index contributed by atoms with van der Waals surface area (Å²) in [6.07, 6.45) is 8.89. The summed E-state index contributed by atoms with van der Waals surface area (Å²) in [4.78, 5) is 11.1. The van der Waals surface area contributed by atoms with E-state index < -0.39 is 0 Å². The van der Waals surface area contributed by atoms with Crippen LogP contribution >= 0.6 is 11.6 Å². The number of hydrogen-bond donors (Lipinski definition) is 0. The molecule has 5 nitrogen and oxygen atoms in total. The second kappa shape index (κ2) is 6.87. The minimum Gasteiger partial charge on any atom is -0.294 e. The van der Waals surface area contributed by atoms with Crippen molar-refractivity contribution in [1.29, 1.82) is 0 Å². The molecule has 0 unspecified atom stereocenters. The molecule has 124 valence electrons. The molecule has 0 spiro atoms. The van der Waals surface area contributed by atoms with Crippen molar-refractivity contribution in [3.8, 4) is 0 Å². The average molecular weight is 342 g/mol. The van der Waals surface area contributed by atoms with Gasteiger partial charge in [0, 0.05) is 34.8 Å². The number of pyridine rings is 1. The van der Waals surface area contributed by atoms with Crippen LogP contribution in [0.4, 0.5) is 0 Å². The van der Waals surface area contributed by atoms with Crippen molar-refractivity contribution in [1.82, 2.24) is 24.6 Å². The van der Waals surface area contributed by atoms with Gasteiger partial charge in [-0.1, -0.05) is 30.2 Å². The van der Waals surface area contributed by atoms with Gasteiger partial charge in [0.25, 0.3) is 0 Å². The van der Waals surface area contributed by atoms with Crippen molar-refractivity contribution in [2.75, 3.05) is 6.54 Å². The molecule has 0 radical (unpaired) electrons. The van der Waals surface area contributed by atoms with E-state index in [2.05, 4.69) is 26.0 Å². The second-order valence-corrected chi connectivity index (χ2v) is 6.75. The topological polar surface area (TPSA) is 46.8 Å². The van der Waals surface area contributed by atoms with Crippen LogP contribution in [-0.2, 0) is 13.1 Å². The molecule has 1 atom stereocenters. The Hall–Kier alpha value is -1.98. The highest BCUT2D eigenvalue weighted by Gasteiger charge is 2.24. The van der Waals surface area contributed by atoms with Crippen LogP contribution in [0.1, 0.15) is 24.8 Å². The fourth-order valence-corrected chi connectivity index (χ4v) is 3.76. The van der Waals surface area contributed by atoms with E-state index in [1.54, 1.807) is 12.7 Å². The van der Waals surface area contributed by atoms with Crippen molar-refractivity contribution in [2.24, 2.45) is 0 Å². The highest BCUT2D eigenvalue weighted by Crippen LogP contribution is 2.28. The highest BCUT2D eigenvalue weighted by molar-refractivity contribution is 6.32. The number of nitrogens with zero attached hydrogens (tertiary/aromatic N) is 5. The summed E-state index contributed by atoms with van der Waals surface area (Å²) in [5.41, 5.74) is 2.13. The van der Waals surface area contributed by atoms with Crippen LogP contribution in [0.3, 0.4) is 0 Å². The molecular weight excluding hydrogens is 322 g/mol. The lowest BCUT2D eigenvalue weighted by molar-refractivity contribution is 0.122. The monoisotopic (exact) mass is 341 g/mol. The Morgan fingerprint density at radius 3 is 3.04 bits per heavy atom. The SMILES string of the molecule is Clc1ccc2cccnc2c1CN1CCCC[C@@H]1Cn1cncn1. The lowest BCUT2D eigenvalue weighted by Gasteiger charge is -2.36. The maximum absolute atomic E-state index is 6.52. The Bertz CT molecular complexity index is 817. The summed E-state index contributed by atoms with van der Waals surface area (Å²) in [6.45, 7) is 2.78. The number of aromatic nitrogens is 4. The van der Waals surface area contributed by atoms with E-state index in [0.29, 0.717) is 6.04 Å². The first-order valence-electron chi connectivity index (χ1n) is 8.40. The molecule has 4 rings (SSSR count). The molecule has 24 heavy (non-hydrogen) atoms. The molecule has 2 aromatic heterocycles. The first kappa shape index (κ1) is 15.5. The Morgan fingerprint density at radius 2 is 2.17 bits per heavy atom. The normalized spacial score (nSPS) is 19.0. The Labute approximate surface area is 146 Å². The van der Waals surface area contributed by atoms with Crippen molar-refractivity contribution in [2.45, 2.75) is 38.4 Å². The number of likely N-dealkylation sites (tertiary alicyclic amines) is 1. The molecule has 0 aliphatic carbocycles. The number of halogens is 1. The zero-order valence-corrected chi connectivity index (χ0v) is 14.2. The van der Waals surface area contributed by atoms with Crippen LogP contribution in [0.2, 0.25) is 5.02 Å². The number of benzene rings is 1. The van der Waals surface area contributed by atoms with Crippen LogP contribution in [-0.4, -0.2) is 37.2 Å². The molecule has 1 aliphatic rings. The minimum absolute atomic E-state index is 0.454. The van der Waals surface area contributed by atoms with Gasteiger partial charge in [-0.2, -0.15) is 5.10 Å². The van der Waals surface area contributed by atoms with E-state index in [-0.39, 0.29) is 0 Å². The van der Waals surface area contributed by atoms with Gasteiger partial charge in [-0.15, -0.1) is 0 Å². The van der Waals surface area contributed by atoms with E-state index >= 15 is 0 Å². The van der Waals surface area contributed by atoms with Crippen molar-refractivity contribution in [3.63, 3.8) is 0 Å². The summed E-state index contributed by atoms with van der Waals surface area (Å²) in [7, 11) is 0. The molecule has 1 aliphatic heterocycles. The molecule has 0 amide bonds. The zero-order valence-electron chi connectivity index (χ0n) is 13.5. The van der Waals surface area contributed by atoms with Gasteiger partial charge >= 0.3 is 0 Å². The number of hydrogen-bond acceptors (Lipinski definition) is 4. The smallest absolute Gasteiger partial charge is 0.137 e. The van der Waals surface area contributed by atoms with Crippen LogP contribution in [0, 0.1) is 0 Å². The predicted octanol–water partition coefficient (Wildman–Crippen LogP) is 3.53. The van der Waals surface area contributed by atoms with Crippen LogP contribution in [0.5, 0.6) is 0 Å². The average Bonchev–Trinajstić information content (AvgIpc) is 3.12. The van der Waals surface area contributed by atoms with Gasteiger partial charge in [-0.3, -0.25) is 14.6 Å². The van der Waals surface area contributed by atoms with E-state index in [9.17, 15) is 0 Å². The highest BCUT2D eigenvalue weighted by atomic mass is 35.5. The lowest BCUT2D eigenvalue weighted by atomic mass is 10.0. The van der Waals surface area contributed by atoms with E-state index in [4.69, 9.17) is 11.6 Å². The van der Waals surface area contributed by atoms with Gasteiger partial charge in [0.05, 0.1) is 12.1 Å². The van der Waals surface area contributed by atoms with Gasteiger partial charge in [-0.05, 0) is 31.5 Å². The van der Waals surface area contributed by atoms with E-state index in [1.807, 2.05) is 29.1 Å². The summed E-state index contributed by atoms with van der Waals surface area (Å²) < 4.78 is 1.92. The maximum atomic E-state index is 6.52. The fraction of sp³-hybridized carbons (Fsp3) is 0.389. The molecule has 3 aromatic rings. The Kier molecular flexibility index (Phi) is 4.45. The number of rotatable bonds is 4. The second-order valence-electron chi connectivity index (χ2n) is 6.34. The molecule has 0 N–H and O–H groups in total. The minimum atomic E-state index is 0.454. The molecule has 1 saturated heterocycles. The first-order chi connectivity index (χ1) is 11.8. The third kappa shape index (κ3) is 3.14. The first-order valence-corrected chi connectivity index (χ1v) is 8.77. The number of piperidine rings is 1. The summed E-state index contributed by atoms with van der Waals surface area (Å²) >= 11 is 6.52. The molecule has 0 saturated carbocycles. The van der Waals surface area contributed by atoms with Gasteiger partial charge < -0.3 is 0 Å². The Morgan fingerprint density at radius 1 is 1.21 bits per heavy atom.